The number of amides is 1. The maximum absolute atomic E-state index is 11.9. The van der Waals surface area contributed by atoms with Gasteiger partial charge in [-0.25, -0.2) is 4.79 Å². The molecule has 0 radical (unpaired) electrons. The highest BCUT2D eigenvalue weighted by Gasteiger charge is 2.31. The zero-order valence-corrected chi connectivity index (χ0v) is 11.4. The summed E-state index contributed by atoms with van der Waals surface area (Å²) in [5.41, 5.74) is -0.481. The summed E-state index contributed by atoms with van der Waals surface area (Å²) >= 11 is 0. The molecule has 0 aromatic carbocycles. The van der Waals surface area contributed by atoms with Crippen LogP contribution in [0.1, 0.15) is 34.6 Å². The summed E-state index contributed by atoms with van der Waals surface area (Å²) in [7, 11) is 0. The molecule has 0 aromatic rings. The number of carbonyl (C=O) groups is 1. The third kappa shape index (κ3) is 4.52. The van der Waals surface area contributed by atoms with Crippen LogP contribution in [0.3, 0.4) is 0 Å². The summed E-state index contributed by atoms with van der Waals surface area (Å²) in [6.45, 7) is 10.4. The van der Waals surface area contributed by atoms with Crippen LogP contribution in [0.2, 0.25) is 0 Å². The molecule has 0 bridgehead atoms. The predicted octanol–water partition coefficient (Wildman–Crippen LogP) is 0.965. The number of nitrogens with zero attached hydrogens (tertiary/aromatic N) is 1. The molecule has 2 unspecified atom stereocenters. The molecule has 0 aromatic heterocycles. The van der Waals surface area contributed by atoms with E-state index in [0.29, 0.717) is 13.1 Å². The third-order valence-corrected chi connectivity index (χ3v) is 2.64. The molecule has 3 atom stereocenters. The molecule has 1 heterocycles. The Kier molecular flexibility index (Phi) is 4.38. The van der Waals surface area contributed by atoms with Gasteiger partial charge in [0.1, 0.15) is 5.60 Å². The number of nitrogens with one attached hydrogen (secondary N) is 1. The second-order valence-electron chi connectivity index (χ2n) is 5.80. The van der Waals surface area contributed by atoms with Gasteiger partial charge in [-0.2, -0.15) is 0 Å². The van der Waals surface area contributed by atoms with Gasteiger partial charge in [-0.1, -0.05) is 0 Å². The molecule has 1 amide bonds. The second kappa shape index (κ2) is 5.23. The smallest absolute Gasteiger partial charge is 0.410 e. The van der Waals surface area contributed by atoms with Crippen LogP contribution in [0.4, 0.5) is 4.79 Å². The zero-order chi connectivity index (χ0) is 13.2. The van der Waals surface area contributed by atoms with Crippen LogP contribution < -0.4 is 5.32 Å². The maximum atomic E-state index is 11.9. The molecule has 0 saturated carbocycles. The van der Waals surface area contributed by atoms with E-state index in [1.807, 2.05) is 27.7 Å². The summed E-state index contributed by atoms with van der Waals surface area (Å²) < 4.78 is 5.33. The number of aliphatic hydroxyl groups is 1. The summed E-state index contributed by atoms with van der Waals surface area (Å²) in [4.78, 5) is 13.6. The summed E-state index contributed by atoms with van der Waals surface area (Å²) in [6.07, 6.45) is -0.792. The Morgan fingerprint density at radius 2 is 2.06 bits per heavy atom. The molecule has 1 aliphatic heterocycles. The standard InChI is InChI=1S/C12H24N2O3/c1-8-6-14(7-10(13-8)9(2)15)11(16)17-12(3,4)5/h8-10,13,15H,6-7H2,1-5H3/t8-,9?,10?/m0/s1. The van der Waals surface area contributed by atoms with Gasteiger partial charge in [0.15, 0.2) is 0 Å². The first-order chi connectivity index (χ1) is 7.69. The van der Waals surface area contributed by atoms with E-state index in [2.05, 4.69) is 5.32 Å². The van der Waals surface area contributed by atoms with Gasteiger partial charge < -0.3 is 20.1 Å². The fraction of sp³-hybridized carbons (Fsp3) is 0.917. The van der Waals surface area contributed by atoms with Gasteiger partial charge in [-0.05, 0) is 34.6 Å². The lowest BCUT2D eigenvalue weighted by Crippen LogP contribution is -2.60. The van der Waals surface area contributed by atoms with Crippen molar-refractivity contribution in [2.45, 2.75) is 58.4 Å². The molecule has 1 fully saturated rings. The van der Waals surface area contributed by atoms with Crippen molar-refractivity contribution in [3.8, 4) is 0 Å². The fourth-order valence-electron chi connectivity index (χ4n) is 1.88. The van der Waals surface area contributed by atoms with E-state index in [1.165, 1.54) is 0 Å². The molecule has 0 aliphatic carbocycles. The lowest BCUT2D eigenvalue weighted by molar-refractivity contribution is 0.00757. The summed E-state index contributed by atoms with van der Waals surface area (Å²) in [5, 5.41) is 12.8. The minimum Gasteiger partial charge on any atom is -0.444 e. The Morgan fingerprint density at radius 3 is 2.53 bits per heavy atom. The van der Waals surface area contributed by atoms with Crippen molar-refractivity contribution in [2.75, 3.05) is 13.1 Å². The zero-order valence-electron chi connectivity index (χ0n) is 11.4. The number of rotatable bonds is 1. The number of ether oxygens (including phenoxy) is 1. The Morgan fingerprint density at radius 1 is 1.47 bits per heavy atom. The third-order valence-electron chi connectivity index (χ3n) is 2.64. The van der Waals surface area contributed by atoms with Crippen LogP contribution in [-0.4, -0.2) is 53.0 Å². The van der Waals surface area contributed by atoms with Crippen molar-refractivity contribution in [2.24, 2.45) is 0 Å². The van der Waals surface area contributed by atoms with Crippen LogP contribution >= 0.6 is 0 Å². The number of hydrogen-bond donors (Lipinski definition) is 2. The molecule has 100 valence electrons. The van der Waals surface area contributed by atoms with E-state index in [-0.39, 0.29) is 18.2 Å². The maximum Gasteiger partial charge on any atom is 0.410 e. The van der Waals surface area contributed by atoms with Crippen molar-refractivity contribution >= 4 is 6.09 Å². The highest BCUT2D eigenvalue weighted by molar-refractivity contribution is 5.68. The predicted molar refractivity (Wildman–Crippen MR) is 65.9 cm³/mol. The van der Waals surface area contributed by atoms with E-state index in [4.69, 9.17) is 4.74 Å². The number of aliphatic hydroxyl groups excluding tert-OH is 1. The molecule has 1 saturated heterocycles. The molecule has 5 nitrogen and oxygen atoms in total. The number of carbonyl (C=O) groups excluding carboxylic acids is 1. The van der Waals surface area contributed by atoms with Crippen LogP contribution in [0.15, 0.2) is 0 Å². The van der Waals surface area contributed by atoms with E-state index < -0.39 is 11.7 Å². The van der Waals surface area contributed by atoms with Gasteiger partial charge in [0, 0.05) is 19.1 Å². The molecule has 1 aliphatic rings. The van der Waals surface area contributed by atoms with E-state index in [1.54, 1.807) is 11.8 Å². The average Bonchev–Trinajstić information content (AvgIpc) is 2.13. The van der Waals surface area contributed by atoms with Crippen molar-refractivity contribution in [3.05, 3.63) is 0 Å². The Bertz CT molecular complexity index is 273. The summed E-state index contributed by atoms with van der Waals surface area (Å²) in [5.74, 6) is 0. The van der Waals surface area contributed by atoms with Gasteiger partial charge in [0.05, 0.1) is 12.1 Å². The lowest BCUT2D eigenvalue weighted by atomic mass is 10.1. The molecule has 17 heavy (non-hydrogen) atoms. The molecule has 2 N–H and O–H groups in total. The van der Waals surface area contributed by atoms with Crippen molar-refractivity contribution < 1.29 is 14.6 Å². The minimum absolute atomic E-state index is 0.0914. The van der Waals surface area contributed by atoms with Gasteiger partial charge in [0.25, 0.3) is 0 Å². The lowest BCUT2D eigenvalue weighted by Gasteiger charge is -2.39. The summed E-state index contributed by atoms with van der Waals surface area (Å²) in [6, 6.07) is 0.0714. The van der Waals surface area contributed by atoms with Gasteiger partial charge >= 0.3 is 6.09 Å². The Labute approximate surface area is 103 Å². The highest BCUT2D eigenvalue weighted by Crippen LogP contribution is 2.14. The van der Waals surface area contributed by atoms with Crippen molar-refractivity contribution in [1.29, 1.82) is 0 Å². The largest absolute Gasteiger partial charge is 0.444 e. The quantitative estimate of drug-likeness (QED) is 0.721. The topological polar surface area (TPSA) is 61.8 Å². The van der Waals surface area contributed by atoms with Gasteiger partial charge in [0.2, 0.25) is 0 Å². The highest BCUT2D eigenvalue weighted by atomic mass is 16.6. The number of piperazine rings is 1. The monoisotopic (exact) mass is 244 g/mol. The second-order valence-corrected chi connectivity index (χ2v) is 5.80. The van der Waals surface area contributed by atoms with E-state index in [9.17, 15) is 9.90 Å². The van der Waals surface area contributed by atoms with Crippen LogP contribution in [0, 0.1) is 0 Å². The van der Waals surface area contributed by atoms with Crippen molar-refractivity contribution in [1.82, 2.24) is 10.2 Å². The SMILES string of the molecule is CC(O)C1CN(C(=O)OC(C)(C)C)C[C@H](C)N1. The van der Waals surface area contributed by atoms with Crippen LogP contribution in [0.25, 0.3) is 0 Å². The van der Waals surface area contributed by atoms with Crippen molar-refractivity contribution in [3.63, 3.8) is 0 Å². The van der Waals surface area contributed by atoms with E-state index in [0.717, 1.165) is 0 Å². The normalized spacial score (nSPS) is 27.8. The molecular weight excluding hydrogens is 220 g/mol. The van der Waals surface area contributed by atoms with E-state index >= 15 is 0 Å². The molecule has 0 spiro atoms. The molecule has 5 heteroatoms. The molecular formula is C12H24N2O3. The first-order valence-corrected chi connectivity index (χ1v) is 6.11. The van der Waals surface area contributed by atoms with Gasteiger partial charge in [-0.3, -0.25) is 0 Å². The van der Waals surface area contributed by atoms with Crippen LogP contribution in [0.5, 0.6) is 0 Å². The Hall–Kier alpha value is -0.810. The average molecular weight is 244 g/mol. The first kappa shape index (κ1) is 14.3. The number of hydrogen-bond acceptors (Lipinski definition) is 4. The van der Waals surface area contributed by atoms with Gasteiger partial charge in [-0.15, -0.1) is 0 Å². The van der Waals surface area contributed by atoms with Crippen LogP contribution in [-0.2, 0) is 4.74 Å². The Balaban J connectivity index is 2.61. The fourth-order valence-corrected chi connectivity index (χ4v) is 1.88. The molecule has 1 rings (SSSR count). The first-order valence-electron chi connectivity index (χ1n) is 6.11. The minimum atomic E-state index is -0.484.